The molecule has 14 heavy (non-hydrogen) atoms. The fourth-order valence-electron chi connectivity index (χ4n) is 0.664. The maximum atomic E-state index is 10.6. The van der Waals surface area contributed by atoms with Crippen molar-refractivity contribution >= 4 is 11.9 Å². The molecule has 0 saturated heterocycles. The molecular weight excluding hydrogens is 190 g/mol. The first-order valence-electron chi connectivity index (χ1n) is 3.57. The van der Waals surface area contributed by atoms with Gasteiger partial charge >= 0.3 is 5.97 Å². The SMILES string of the molecule is NC(=O)c1ccc(OCC(=O)O)nn1. The van der Waals surface area contributed by atoms with E-state index in [9.17, 15) is 9.59 Å². The van der Waals surface area contributed by atoms with Gasteiger partial charge in [-0.05, 0) is 6.07 Å². The van der Waals surface area contributed by atoms with E-state index in [1.807, 2.05) is 0 Å². The van der Waals surface area contributed by atoms with E-state index in [0.717, 1.165) is 0 Å². The number of rotatable bonds is 4. The molecule has 1 amide bonds. The van der Waals surface area contributed by atoms with Gasteiger partial charge in [0.2, 0.25) is 5.88 Å². The van der Waals surface area contributed by atoms with Crippen molar-refractivity contribution in [3.8, 4) is 5.88 Å². The molecule has 0 bridgehead atoms. The molecule has 74 valence electrons. The number of amides is 1. The highest BCUT2D eigenvalue weighted by atomic mass is 16.5. The molecule has 0 fully saturated rings. The predicted octanol–water partition coefficient (Wildman–Crippen LogP) is -0.961. The van der Waals surface area contributed by atoms with Crippen LogP contribution in [0.3, 0.4) is 0 Å². The second kappa shape index (κ2) is 4.17. The van der Waals surface area contributed by atoms with Gasteiger partial charge in [-0.1, -0.05) is 0 Å². The van der Waals surface area contributed by atoms with Crippen molar-refractivity contribution in [3.05, 3.63) is 17.8 Å². The Kier molecular flexibility index (Phi) is 2.95. The minimum absolute atomic E-state index is 0.00678. The van der Waals surface area contributed by atoms with E-state index in [0.29, 0.717) is 0 Å². The third-order valence-electron chi connectivity index (χ3n) is 1.24. The van der Waals surface area contributed by atoms with Crippen molar-refractivity contribution in [1.82, 2.24) is 10.2 Å². The topological polar surface area (TPSA) is 115 Å². The van der Waals surface area contributed by atoms with E-state index >= 15 is 0 Å². The second-order valence-corrected chi connectivity index (χ2v) is 2.30. The van der Waals surface area contributed by atoms with Gasteiger partial charge in [-0.3, -0.25) is 4.79 Å². The van der Waals surface area contributed by atoms with Crippen LogP contribution in [0.4, 0.5) is 0 Å². The number of carbonyl (C=O) groups is 2. The standard InChI is InChI=1S/C7H7N3O4/c8-7(13)4-1-2-5(10-9-4)14-3-6(11)12/h1-2H,3H2,(H2,8,13)(H,11,12). The smallest absolute Gasteiger partial charge is 0.341 e. The maximum Gasteiger partial charge on any atom is 0.341 e. The molecule has 0 saturated carbocycles. The Hall–Kier alpha value is -2.18. The van der Waals surface area contributed by atoms with E-state index in [2.05, 4.69) is 14.9 Å². The van der Waals surface area contributed by atoms with Crippen LogP contribution in [0, 0.1) is 0 Å². The van der Waals surface area contributed by atoms with Crippen LogP contribution in [0.2, 0.25) is 0 Å². The molecular formula is C7H7N3O4. The lowest BCUT2D eigenvalue weighted by Gasteiger charge is -2.00. The largest absolute Gasteiger partial charge is 0.479 e. The van der Waals surface area contributed by atoms with Crippen LogP contribution >= 0.6 is 0 Å². The van der Waals surface area contributed by atoms with Gasteiger partial charge in [0.15, 0.2) is 12.3 Å². The molecule has 0 radical (unpaired) electrons. The van der Waals surface area contributed by atoms with E-state index in [1.165, 1.54) is 12.1 Å². The van der Waals surface area contributed by atoms with Gasteiger partial charge in [0, 0.05) is 6.07 Å². The quantitative estimate of drug-likeness (QED) is 0.642. The summed E-state index contributed by atoms with van der Waals surface area (Å²) in [5, 5.41) is 15.1. The minimum atomic E-state index is -1.12. The Morgan fingerprint density at radius 3 is 2.57 bits per heavy atom. The zero-order valence-electron chi connectivity index (χ0n) is 7.01. The molecule has 0 spiro atoms. The van der Waals surface area contributed by atoms with Crippen LogP contribution in [0.15, 0.2) is 12.1 Å². The molecule has 0 aromatic carbocycles. The monoisotopic (exact) mass is 197 g/mol. The lowest BCUT2D eigenvalue weighted by Crippen LogP contribution is -2.15. The first kappa shape index (κ1) is 9.90. The van der Waals surface area contributed by atoms with Gasteiger partial charge in [-0.15, -0.1) is 10.2 Å². The van der Waals surface area contributed by atoms with E-state index in [1.54, 1.807) is 0 Å². The van der Waals surface area contributed by atoms with Crippen LogP contribution in [0.5, 0.6) is 5.88 Å². The van der Waals surface area contributed by atoms with Gasteiger partial charge in [-0.25, -0.2) is 4.79 Å². The van der Waals surface area contributed by atoms with Crippen molar-refractivity contribution in [1.29, 1.82) is 0 Å². The average Bonchev–Trinajstić information content (AvgIpc) is 2.15. The summed E-state index contributed by atoms with van der Waals surface area (Å²) < 4.78 is 4.68. The summed E-state index contributed by atoms with van der Waals surface area (Å²) in [5.74, 6) is -1.80. The molecule has 0 aliphatic heterocycles. The average molecular weight is 197 g/mol. The fourth-order valence-corrected chi connectivity index (χ4v) is 0.664. The number of hydrogen-bond donors (Lipinski definition) is 2. The van der Waals surface area contributed by atoms with Gasteiger partial charge < -0.3 is 15.6 Å². The number of hydrogen-bond acceptors (Lipinski definition) is 5. The Bertz CT molecular complexity index is 348. The number of aliphatic carboxylic acids is 1. The van der Waals surface area contributed by atoms with Crippen molar-refractivity contribution < 1.29 is 19.4 Å². The van der Waals surface area contributed by atoms with Crippen LogP contribution in [0.25, 0.3) is 0 Å². The molecule has 1 aromatic rings. The highest BCUT2D eigenvalue weighted by Gasteiger charge is 2.04. The number of carboxylic acid groups (broad SMARTS) is 1. The van der Waals surface area contributed by atoms with Crippen LogP contribution in [0.1, 0.15) is 10.5 Å². The number of carboxylic acids is 1. The van der Waals surface area contributed by atoms with E-state index in [4.69, 9.17) is 10.8 Å². The Morgan fingerprint density at radius 1 is 1.43 bits per heavy atom. The van der Waals surface area contributed by atoms with E-state index in [-0.39, 0.29) is 11.6 Å². The molecule has 1 rings (SSSR count). The number of carbonyl (C=O) groups excluding carboxylic acids is 1. The third kappa shape index (κ3) is 2.70. The van der Waals surface area contributed by atoms with Gasteiger partial charge in [-0.2, -0.15) is 0 Å². The minimum Gasteiger partial charge on any atom is -0.479 e. The fraction of sp³-hybridized carbons (Fsp3) is 0.143. The van der Waals surface area contributed by atoms with Gasteiger partial charge in [0.1, 0.15) is 0 Å². The zero-order chi connectivity index (χ0) is 10.6. The highest BCUT2D eigenvalue weighted by molar-refractivity contribution is 5.90. The highest BCUT2D eigenvalue weighted by Crippen LogP contribution is 2.03. The Morgan fingerprint density at radius 2 is 2.14 bits per heavy atom. The number of aromatic nitrogens is 2. The predicted molar refractivity (Wildman–Crippen MR) is 43.7 cm³/mol. The summed E-state index contributed by atoms with van der Waals surface area (Å²) in [5.41, 5.74) is 4.90. The van der Waals surface area contributed by atoms with Crippen LogP contribution in [-0.2, 0) is 4.79 Å². The number of primary amides is 1. The Balaban J connectivity index is 2.64. The maximum absolute atomic E-state index is 10.6. The zero-order valence-corrected chi connectivity index (χ0v) is 7.01. The van der Waals surface area contributed by atoms with Gasteiger partial charge in [0.05, 0.1) is 0 Å². The lowest BCUT2D eigenvalue weighted by molar-refractivity contribution is -0.139. The van der Waals surface area contributed by atoms with E-state index < -0.39 is 18.5 Å². The number of nitrogens with zero attached hydrogens (tertiary/aromatic N) is 2. The third-order valence-corrected chi connectivity index (χ3v) is 1.24. The molecule has 7 nitrogen and oxygen atoms in total. The first-order chi connectivity index (χ1) is 6.59. The summed E-state index contributed by atoms with van der Waals surface area (Å²) >= 11 is 0. The van der Waals surface area contributed by atoms with Crippen molar-refractivity contribution in [3.63, 3.8) is 0 Å². The molecule has 1 heterocycles. The molecule has 7 heteroatoms. The second-order valence-electron chi connectivity index (χ2n) is 2.30. The molecule has 0 unspecified atom stereocenters. The molecule has 0 aliphatic carbocycles. The summed E-state index contributed by atoms with van der Waals surface area (Å²) in [6.45, 7) is -0.509. The summed E-state index contributed by atoms with van der Waals surface area (Å²) in [6, 6.07) is 2.61. The number of nitrogens with two attached hydrogens (primary N) is 1. The summed E-state index contributed by atoms with van der Waals surface area (Å²) in [4.78, 5) is 20.7. The molecule has 0 atom stereocenters. The van der Waals surface area contributed by atoms with Crippen LogP contribution < -0.4 is 10.5 Å². The number of ether oxygens (including phenoxy) is 1. The molecule has 3 N–H and O–H groups in total. The Labute approximate surface area is 78.5 Å². The molecule has 0 aliphatic rings. The summed E-state index contributed by atoms with van der Waals surface area (Å²) in [7, 11) is 0. The molecule has 1 aromatic heterocycles. The van der Waals surface area contributed by atoms with Crippen molar-refractivity contribution in [2.75, 3.05) is 6.61 Å². The normalized spacial score (nSPS) is 9.43. The van der Waals surface area contributed by atoms with Gasteiger partial charge in [0.25, 0.3) is 5.91 Å². The summed E-state index contributed by atoms with van der Waals surface area (Å²) in [6.07, 6.45) is 0. The van der Waals surface area contributed by atoms with Crippen LogP contribution in [-0.4, -0.2) is 33.8 Å². The van der Waals surface area contributed by atoms with Crippen molar-refractivity contribution in [2.45, 2.75) is 0 Å². The van der Waals surface area contributed by atoms with Crippen molar-refractivity contribution in [2.24, 2.45) is 5.73 Å². The lowest BCUT2D eigenvalue weighted by atomic mass is 10.4. The first-order valence-corrected chi connectivity index (χ1v) is 3.57.